The Kier molecular flexibility index (Phi) is 8.25. The highest BCUT2D eigenvalue weighted by Gasteiger charge is 2.27. The summed E-state index contributed by atoms with van der Waals surface area (Å²) in [5, 5.41) is 18.8. The van der Waals surface area contributed by atoms with Gasteiger partial charge in [0.2, 0.25) is 10.0 Å². The van der Waals surface area contributed by atoms with E-state index in [9.17, 15) is 18.3 Å². The van der Waals surface area contributed by atoms with E-state index >= 15 is 0 Å². The fourth-order valence-electron chi connectivity index (χ4n) is 3.62. The lowest BCUT2D eigenvalue weighted by Gasteiger charge is -2.33. The second kappa shape index (κ2) is 11.0. The van der Waals surface area contributed by atoms with Gasteiger partial charge in [0.15, 0.2) is 0 Å². The van der Waals surface area contributed by atoms with Crippen molar-refractivity contribution in [2.45, 2.75) is 56.6 Å². The van der Waals surface area contributed by atoms with E-state index in [4.69, 9.17) is 14.7 Å². The maximum Gasteiger partial charge on any atom is 0.410 e. The monoisotopic (exact) mass is 501 g/mol. The number of rotatable bonds is 7. The van der Waals surface area contributed by atoms with Gasteiger partial charge in [0.05, 0.1) is 11.6 Å². The molecule has 1 saturated heterocycles. The molecule has 0 atom stereocenters. The first-order valence-electron chi connectivity index (χ1n) is 11.4. The molecule has 188 valence electrons. The summed E-state index contributed by atoms with van der Waals surface area (Å²) in [5.41, 5.74) is 0.542. The van der Waals surface area contributed by atoms with Crippen LogP contribution in [0.3, 0.4) is 0 Å². The van der Waals surface area contributed by atoms with Crippen LogP contribution >= 0.6 is 0 Å². The molecule has 0 bridgehead atoms. The molecule has 2 N–H and O–H groups in total. The molecule has 0 radical (unpaired) electrons. The standard InChI is InChI=1S/C25H31N3O6S/c1-25(2,3)34-24(30)28-14-11-21(12-15-28)33-20-7-4-18(5-8-20)10-13-27-35(31,32)23-16-19(17-26)6-9-22(23)29/h4-9,16,21,27,29H,10-15H2,1-3H3. The van der Waals surface area contributed by atoms with Crippen LogP contribution in [0.1, 0.15) is 44.7 Å². The number of nitrogens with one attached hydrogen (secondary N) is 1. The maximum atomic E-state index is 12.5. The zero-order valence-corrected chi connectivity index (χ0v) is 21.0. The molecule has 2 aromatic carbocycles. The van der Waals surface area contributed by atoms with Crippen molar-refractivity contribution in [2.75, 3.05) is 19.6 Å². The van der Waals surface area contributed by atoms with Gasteiger partial charge in [-0.1, -0.05) is 12.1 Å². The third kappa shape index (κ3) is 7.60. The number of benzene rings is 2. The van der Waals surface area contributed by atoms with Crippen LogP contribution in [0.15, 0.2) is 47.4 Å². The maximum absolute atomic E-state index is 12.5. The highest BCUT2D eigenvalue weighted by atomic mass is 32.2. The van der Waals surface area contributed by atoms with E-state index in [1.54, 1.807) is 4.90 Å². The molecule has 3 rings (SSSR count). The number of ether oxygens (including phenoxy) is 2. The number of phenolic OH excluding ortho intramolecular Hbond substituents is 1. The number of likely N-dealkylation sites (tertiary alicyclic amines) is 1. The fourth-order valence-corrected chi connectivity index (χ4v) is 4.77. The minimum atomic E-state index is -3.95. The highest BCUT2D eigenvalue weighted by Crippen LogP contribution is 2.24. The van der Waals surface area contributed by atoms with E-state index < -0.39 is 21.4 Å². The number of piperidine rings is 1. The van der Waals surface area contributed by atoms with Crippen molar-refractivity contribution in [3.63, 3.8) is 0 Å². The largest absolute Gasteiger partial charge is 0.507 e. The molecule has 1 heterocycles. The summed E-state index contributed by atoms with van der Waals surface area (Å²) in [7, 11) is -3.95. The number of sulfonamides is 1. The van der Waals surface area contributed by atoms with Gasteiger partial charge in [0.1, 0.15) is 28.1 Å². The number of phenols is 1. The average Bonchev–Trinajstić information content (AvgIpc) is 2.79. The fraction of sp³-hybridized carbons (Fsp3) is 0.440. The summed E-state index contributed by atoms with van der Waals surface area (Å²) in [5.74, 6) is 0.304. The molecular weight excluding hydrogens is 470 g/mol. The van der Waals surface area contributed by atoms with Gasteiger partial charge in [-0.2, -0.15) is 5.26 Å². The van der Waals surface area contributed by atoms with Crippen LogP contribution in [0.4, 0.5) is 4.79 Å². The van der Waals surface area contributed by atoms with Gasteiger partial charge in [-0.05, 0) is 63.1 Å². The van der Waals surface area contributed by atoms with E-state index in [2.05, 4.69) is 4.72 Å². The third-order valence-corrected chi connectivity index (χ3v) is 6.89. The predicted octanol–water partition coefficient (Wildman–Crippen LogP) is 3.56. The lowest BCUT2D eigenvalue weighted by molar-refractivity contribution is 0.0126. The topological polar surface area (TPSA) is 129 Å². The molecule has 0 aliphatic carbocycles. The van der Waals surface area contributed by atoms with E-state index in [1.165, 1.54) is 12.1 Å². The van der Waals surface area contributed by atoms with Crippen molar-refractivity contribution in [3.05, 3.63) is 53.6 Å². The predicted molar refractivity (Wildman–Crippen MR) is 130 cm³/mol. The molecule has 1 aliphatic heterocycles. The zero-order chi connectivity index (χ0) is 25.6. The van der Waals surface area contributed by atoms with Gasteiger partial charge in [-0.25, -0.2) is 17.9 Å². The minimum absolute atomic E-state index is 0.00296. The average molecular weight is 502 g/mol. The molecule has 1 amide bonds. The van der Waals surface area contributed by atoms with E-state index in [0.29, 0.717) is 38.1 Å². The number of amides is 1. The Morgan fingerprint density at radius 3 is 2.43 bits per heavy atom. The Morgan fingerprint density at radius 1 is 1.17 bits per heavy atom. The summed E-state index contributed by atoms with van der Waals surface area (Å²) < 4.78 is 38.9. The van der Waals surface area contributed by atoms with Crippen LogP contribution in [0.25, 0.3) is 0 Å². The van der Waals surface area contributed by atoms with Crippen molar-refractivity contribution < 1.29 is 27.8 Å². The summed E-state index contributed by atoms with van der Waals surface area (Å²) in [6.07, 6.45) is 1.56. The number of hydrogen-bond donors (Lipinski definition) is 2. The van der Waals surface area contributed by atoms with Gasteiger partial charge < -0.3 is 19.5 Å². The van der Waals surface area contributed by atoms with E-state index in [1.807, 2.05) is 51.1 Å². The smallest absolute Gasteiger partial charge is 0.410 e. The molecular formula is C25H31N3O6S. The van der Waals surface area contributed by atoms with E-state index in [-0.39, 0.29) is 29.2 Å². The summed E-state index contributed by atoms with van der Waals surface area (Å²) in [4.78, 5) is 13.6. The lowest BCUT2D eigenvalue weighted by atomic mass is 10.1. The SMILES string of the molecule is CC(C)(C)OC(=O)N1CCC(Oc2ccc(CCNS(=O)(=O)c3cc(C#N)ccc3O)cc2)CC1. The van der Waals surface area contributed by atoms with Crippen molar-refractivity contribution in [2.24, 2.45) is 0 Å². The van der Waals surface area contributed by atoms with Gasteiger partial charge in [-0.15, -0.1) is 0 Å². The third-order valence-electron chi connectivity index (χ3n) is 5.40. The number of nitriles is 1. The second-order valence-corrected chi connectivity index (χ2v) is 11.1. The van der Waals surface area contributed by atoms with Crippen molar-refractivity contribution in [1.29, 1.82) is 5.26 Å². The lowest BCUT2D eigenvalue weighted by Crippen LogP contribution is -2.44. The quantitative estimate of drug-likeness (QED) is 0.593. The Labute approximate surface area is 206 Å². The van der Waals surface area contributed by atoms with Crippen LogP contribution in [-0.2, 0) is 21.2 Å². The van der Waals surface area contributed by atoms with Gasteiger partial charge >= 0.3 is 6.09 Å². The Balaban J connectivity index is 1.46. The number of carbonyl (C=O) groups excluding carboxylic acids is 1. The molecule has 2 aromatic rings. The molecule has 1 fully saturated rings. The first kappa shape index (κ1) is 26.3. The van der Waals surface area contributed by atoms with Crippen LogP contribution in [0.5, 0.6) is 11.5 Å². The molecule has 1 aliphatic rings. The van der Waals surface area contributed by atoms with Crippen LogP contribution < -0.4 is 9.46 Å². The summed E-state index contributed by atoms with van der Waals surface area (Å²) in [6, 6.07) is 13.0. The van der Waals surface area contributed by atoms with Crippen molar-refractivity contribution >= 4 is 16.1 Å². The first-order valence-corrected chi connectivity index (χ1v) is 12.9. The van der Waals surface area contributed by atoms with Crippen molar-refractivity contribution in [3.8, 4) is 17.6 Å². The molecule has 0 aromatic heterocycles. The zero-order valence-electron chi connectivity index (χ0n) is 20.2. The molecule has 0 saturated carbocycles. The summed E-state index contributed by atoms with van der Waals surface area (Å²) >= 11 is 0. The van der Waals surface area contributed by atoms with Crippen LogP contribution in [-0.4, -0.2) is 55.9 Å². The molecule has 0 unspecified atom stereocenters. The number of carbonyl (C=O) groups is 1. The highest BCUT2D eigenvalue weighted by molar-refractivity contribution is 7.89. The normalized spacial score (nSPS) is 14.9. The first-order chi connectivity index (χ1) is 16.5. The minimum Gasteiger partial charge on any atom is -0.507 e. The van der Waals surface area contributed by atoms with Gasteiger partial charge in [-0.3, -0.25) is 0 Å². The second-order valence-electron chi connectivity index (χ2n) is 9.37. The van der Waals surface area contributed by atoms with Gasteiger partial charge in [0, 0.05) is 32.5 Å². The van der Waals surface area contributed by atoms with Crippen molar-refractivity contribution in [1.82, 2.24) is 9.62 Å². The summed E-state index contributed by atoms with van der Waals surface area (Å²) in [6.45, 7) is 6.81. The molecule has 9 nitrogen and oxygen atoms in total. The molecule has 35 heavy (non-hydrogen) atoms. The van der Waals surface area contributed by atoms with Crippen LogP contribution in [0, 0.1) is 11.3 Å². The Morgan fingerprint density at radius 2 is 1.83 bits per heavy atom. The number of nitrogens with zero attached hydrogens (tertiary/aromatic N) is 2. The van der Waals surface area contributed by atoms with E-state index in [0.717, 1.165) is 11.6 Å². The van der Waals surface area contributed by atoms with Crippen LogP contribution in [0.2, 0.25) is 0 Å². The number of aromatic hydroxyl groups is 1. The Bertz CT molecular complexity index is 1180. The molecule has 0 spiro atoms. The molecule has 10 heteroatoms. The Hall–Kier alpha value is -3.29. The van der Waals surface area contributed by atoms with Gasteiger partial charge in [0.25, 0.3) is 0 Å². The number of hydrogen-bond acceptors (Lipinski definition) is 7.